The molecule has 0 saturated carbocycles. The second-order valence-electron chi connectivity index (χ2n) is 6.64. The summed E-state index contributed by atoms with van der Waals surface area (Å²) in [6.45, 7) is 1.29. The monoisotopic (exact) mass is 474 g/mol. The lowest BCUT2D eigenvalue weighted by molar-refractivity contribution is -0.384. The fourth-order valence-electron chi connectivity index (χ4n) is 3.00. The zero-order valence-corrected chi connectivity index (χ0v) is 17.3. The summed E-state index contributed by atoms with van der Waals surface area (Å²) < 4.78 is 38.3. The number of benzene rings is 1. The normalized spacial score (nSPS) is 14.9. The van der Waals surface area contributed by atoms with Gasteiger partial charge in [0.25, 0.3) is 5.69 Å². The van der Waals surface area contributed by atoms with Gasteiger partial charge in [0.2, 0.25) is 5.91 Å². The largest absolute Gasteiger partial charge is 0.417 e. The van der Waals surface area contributed by atoms with Crippen LogP contribution >= 0.6 is 23.2 Å². The van der Waals surface area contributed by atoms with Gasteiger partial charge < -0.3 is 9.80 Å². The van der Waals surface area contributed by atoms with E-state index < -0.39 is 16.7 Å². The third-order valence-electron chi connectivity index (χ3n) is 4.63. The molecule has 1 aliphatic rings. The molecule has 0 bridgehead atoms. The van der Waals surface area contributed by atoms with Gasteiger partial charge in [-0.3, -0.25) is 14.9 Å². The molecule has 12 heteroatoms. The zero-order chi connectivity index (χ0) is 22.8. The summed E-state index contributed by atoms with van der Waals surface area (Å²) in [5, 5.41) is 10.8. The minimum absolute atomic E-state index is 0.000125. The molecule has 1 amide bonds. The van der Waals surface area contributed by atoms with Crippen molar-refractivity contribution in [2.75, 3.05) is 31.1 Å². The Bertz CT molecular complexity index is 1040. The maximum Gasteiger partial charge on any atom is 0.417 e. The topological polar surface area (TPSA) is 79.6 Å². The molecule has 2 heterocycles. The van der Waals surface area contributed by atoms with E-state index in [1.165, 1.54) is 24.3 Å². The van der Waals surface area contributed by atoms with Crippen molar-refractivity contribution < 1.29 is 22.9 Å². The average Bonchev–Trinajstić information content (AvgIpc) is 2.72. The predicted octanol–water partition coefficient (Wildman–Crippen LogP) is 4.68. The molecule has 1 aliphatic heterocycles. The van der Waals surface area contributed by atoms with Crippen molar-refractivity contribution in [3.05, 3.63) is 67.8 Å². The molecule has 7 nitrogen and oxygen atoms in total. The van der Waals surface area contributed by atoms with E-state index >= 15 is 0 Å². The smallest absolute Gasteiger partial charge is 0.352 e. The van der Waals surface area contributed by atoms with Crippen LogP contribution in [0.5, 0.6) is 0 Å². The molecule has 0 N–H and O–H groups in total. The number of amides is 1. The van der Waals surface area contributed by atoms with Gasteiger partial charge in [0.05, 0.1) is 15.5 Å². The average molecular weight is 475 g/mol. The van der Waals surface area contributed by atoms with Crippen LogP contribution in [0, 0.1) is 10.1 Å². The Labute approximate surface area is 184 Å². The summed E-state index contributed by atoms with van der Waals surface area (Å²) in [7, 11) is 0. The van der Waals surface area contributed by atoms with E-state index in [1.54, 1.807) is 15.9 Å². The zero-order valence-electron chi connectivity index (χ0n) is 15.8. The van der Waals surface area contributed by atoms with Crippen molar-refractivity contribution in [3.63, 3.8) is 0 Å². The van der Waals surface area contributed by atoms with E-state index in [1.807, 2.05) is 0 Å². The van der Waals surface area contributed by atoms with Gasteiger partial charge in [0.1, 0.15) is 10.8 Å². The number of nitrogens with zero attached hydrogens (tertiary/aromatic N) is 4. The molecule has 1 aromatic carbocycles. The molecular formula is C19H15Cl2F3N4O3. The van der Waals surface area contributed by atoms with Crippen LogP contribution in [-0.4, -0.2) is 46.9 Å². The van der Waals surface area contributed by atoms with E-state index in [2.05, 4.69) is 4.98 Å². The van der Waals surface area contributed by atoms with Crippen molar-refractivity contribution in [1.82, 2.24) is 9.88 Å². The van der Waals surface area contributed by atoms with Gasteiger partial charge in [-0.15, -0.1) is 0 Å². The Morgan fingerprint density at radius 2 is 1.81 bits per heavy atom. The summed E-state index contributed by atoms with van der Waals surface area (Å²) >= 11 is 11.7. The molecule has 0 radical (unpaired) electrons. The SMILES string of the molecule is O=C(/C=C/c1ccc(Cl)c([N+](=O)[O-])c1)N1CCN(c2ncc(C(F)(F)F)cc2Cl)CC1. The molecular weight excluding hydrogens is 460 g/mol. The van der Waals surface area contributed by atoms with Crippen molar-refractivity contribution in [2.24, 2.45) is 0 Å². The Morgan fingerprint density at radius 3 is 2.39 bits per heavy atom. The van der Waals surface area contributed by atoms with Crippen LogP contribution in [0.1, 0.15) is 11.1 Å². The predicted molar refractivity (Wildman–Crippen MR) is 110 cm³/mol. The lowest BCUT2D eigenvalue weighted by atomic mass is 10.2. The summed E-state index contributed by atoms with van der Waals surface area (Å²) in [6, 6.07) is 5.02. The van der Waals surface area contributed by atoms with Gasteiger partial charge in [-0.2, -0.15) is 13.2 Å². The van der Waals surface area contributed by atoms with E-state index in [9.17, 15) is 28.1 Å². The number of carbonyl (C=O) groups excluding carboxylic acids is 1. The number of anilines is 1. The first kappa shape index (κ1) is 22.8. The van der Waals surface area contributed by atoms with Crippen molar-refractivity contribution in [2.45, 2.75) is 6.18 Å². The highest BCUT2D eigenvalue weighted by atomic mass is 35.5. The third-order valence-corrected chi connectivity index (χ3v) is 5.22. The minimum Gasteiger partial charge on any atom is -0.352 e. The number of piperazine rings is 1. The molecule has 0 spiro atoms. The number of rotatable bonds is 4. The lowest BCUT2D eigenvalue weighted by Crippen LogP contribution is -2.48. The van der Waals surface area contributed by atoms with Crippen LogP contribution in [0.2, 0.25) is 10.0 Å². The lowest BCUT2D eigenvalue weighted by Gasteiger charge is -2.35. The van der Waals surface area contributed by atoms with Gasteiger partial charge in [-0.05, 0) is 23.8 Å². The van der Waals surface area contributed by atoms with E-state index in [0.29, 0.717) is 31.7 Å². The van der Waals surface area contributed by atoms with Crippen LogP contribution < -0.4 is 4.90 Å². The fourth-order valence-corrected chi connectivity index (χ4v) is 3.48. The molecule has 164 valence electrons. The van der Waals surface area contributed by atoms with Crippen LogP contribution in [0.3, 0.4) is 0 Å². The highest BCUT2D eigenvalue weighted by molar-refractivity contribution is 6.33. The number of pyridine rings is 1. The van der Waals surface area contributed by atoms with Gasteiger partial charge in [-0.1, -0.05) is 29.3 Å². The van der Waals surface area contributed by atoms with E-state index in [0.717, 1.165) is 12.3 Å². The number of halogens is 5. The Kier molecular flexibility index (Phi) is 6.71. The molecule has 1 aromatic heterocycles. The van der Waals surface area contributed by atoms with Crippen molar-refractivity contribution >= 4 is 46.7 Å². The molecule has 0 unspecified atom stereocenters. The molecule has 0 atom stereocenters. The third kappa shape index (κ3) is 5.45. The molecule has 3 rings (SSSR count). The van der Waals surface area contributed by atoms with Gasteiger partial charge in [0.15, 0.2) is 0 Å². The number of hydrogen-bond acceptors (Lipinski definition) is 5. The number of alkyl halides is 3. The quantitative estimate of drug-likeness (QED) is 0.365. The Hall–Kier alpha value is -2.85. The summed E-state index contributed by atoms with van der Waals surface area (Å²) in [4.78, 5) is 29.8. The van der Waals surface area contributed by atoms with Crippen molar-refractivity contribution in [1.29, 1.82) is 0 Å². The first-order chi connectivity index (χ1) is 14.6. The first-order valence-electron chi connectivity index (χ1n) is 8.95. The summed E-state index contributed by atoms with van der Waals surface area (Å²) in [6.07, 6.45) is -1.05. The molecule has 31 heavy (non-hydrogen) atoms. The van der Waals surface area contributed by atoms with E-state index in [4.69, 9.17) is 23.2 Å². The molecule has 1 fully saturated rings. The fraction of sp³-hybridized carbons (Fsp3) is 0.263. The molecule has 1 saturated heterocycles. The van der Waals surface area contributed by atoms with Crippen LogP contribution in [0.15, 0.2) is 36.5 Å². The van der Waals surface area contributed by atoms with Gasteiger partial charge in [-0.25, -0.2) is 4.98 Å². The number of nitro groups is 1. The second kappa shape index (κ2) is 9.11. The molecule has 2 aromatic rings. The number of carbonyl (C=O) groups is 1. The summed E-state index contributed by atoms with van der Waals surface area (Å²) in [5.41, 5.74) is -0.739. The summed E-state index contributed by atoms with van der Waals surface area (Å²) in [5.74, 6) is -0.0745. The van der Waals surface area contributed by atoms with Gasteiger partial charge in [0, 0.05) is 44.5 Å². The van der Waals surface area contributed by atoms with Crippen molar-refractivity contribution in [3.8, 4) is 0 Å². The maximum absolute atomic E-state index is 12.8. The number of aromatic nitrogens is 1. The standard InChI is InChI=1S/C19H15Cl2F3N4O3/c20-14-3-1-12(9-16(14)28(30)31)2-4-17(29)26-5-7-27(8-6-26)18-15(21)10-13(11-25-18)19(22,23)24/h1-4,9-11H,5-8H2/b4-2+. The first-order valence-corrected chi connectivity index (χ1v) is 9.70. The van der Waals surface area contributed by atoms with Crippen LogP contribution in [-0.2, 0) is 11.0 Å². The number of nitro benzene ring substituents is 1. The molecule has 0 aliphatic carbocycles. The Morgan fingerprint density at radius 1 is 1.13 bits per heavy atom. The van der Waals surface area contributed by atoms with Gasteiger partial charge >= 0.3 is 6.18 Å². The van der Waals surface area contributed by atoms with E-state index in [-0.39, 0.29) is 27.5 Å². The maximum atomic E-state index is 12.8. The van der Waals surface area contributed by atoms with Crippen LogP contribution in [0.25, 0.3) is 6.08 Å². The Balaban J connectivity index is 1.62. The minimum atomic E-state index is -4.53. The number of hydrogen-bond donors (Lipinski definition) is 0. The highest BCUT2D eigenvalue weighted by Crippen LogP contribution is 2.33. The highest BCUT2D eigenvalue weighted by Gasteiger charge is 2.32. The second-order valence-corrected chi connectivity index (χ2v) is 7.46. The van der Waals surface area contributed by atoms with Crippen LogP contribution in [0.4, 0.5) is 24.7 Å².